The first-order valence-electron chi connectivity index (χ1n) is 3.17. The molecule has 3 N–H and O–H groups in total. The summed E-state index contributed by atoms with van der Waals surface area (Å²) in [6, 6.07) is 0. The maximum Gasteiger partial charge on any atom is 0.339 e. The van der Waals surface area contributed by atoms with Crippen LogP contribution >= 0.6 is 7.60 Å². The average Bonchev–Trinajstić information content (AvgIpc) is 1.59. The van der Waals surface area contributed by atoms with Crippen molar-refractivity contribution in [3.63, 3.8) is 0 Å². The van der Waals surface area contributed by atoms with Crippen LogP contribution in [0, 0.1) is 5.92 Å². The first kappa shape index (κ1) is 10.1. The van der Waals surface area contributed by atoms with E-state index < -0.39 is 7.60 Å². The second kappa shape index (κ2) is 4.09. The van der Waals surface area contributed by atoms with Crippen LogP contribution in [0.3, 0.4) is 0 Å². The molecule has 0 aromatic carbocycles. The summed E-state index contributed by atoms with van der Waals surface area (Å²) in [5.41, 5.74) is 0. The zero-order chi connectivity index (χ0) is 8.20. The van der Waals surface area contributed by atoms with Gasteiger partial charge in [0.2, 0.25) is 0 Å². The molecule has 0 saturated heterocycles. The molecule has 10 heavy (non-hydrogen) atoms. The minimum Gasteiger partial charge on any atom is -0.324 e. The Bertz CT molecular complexity index is 131. The van der Waals surface area contributed by atoms with Crippen molar-refractivity contribution in [3.05, 3.63) is 0 Å². The van der Waals surface area contributed by atoms with Crippen molar-refractivity contribution in [1.82, 2.24) is 5.32 Å². The van der Waals surface area contributed by atoms with Crippen molar-refractivity contribution in [3.8, 4) is 0 Å². The maximum absolute atomic E-state index is 10.2. The molecular weight excluding hydrogens is 153 g/mol. The Labute approximate surface area is 60.8 Å². The summed E-state index contributed by atoms with van der Waals surface area (Å²) in [6.45, 7) is 4.60. The molecule has 0 bridgehead atoms. The molecule has 0 fully saturated rings. The molecule has 0 aliphatic rings. The van der Waals surface area contributed by atoms with Crippen molar-refractivity contribution >= 4 is 7.60 Å². The fraction of sp³-hybridized carbons (Fsp3) is 1.00. The van der Waals surface area contributed by atoms with Gasteiger partial charge in [0.1, 0.15) is 0 Å². The SMILES string of the molecule is CC(C)CNCP(=O)(O)O. The Morgan fingerprint density at radius 2 is 2.00 bits per heavy atom. The molecule has 0 atom stereocenters. The van der Waals surface area contributed by atoms with E-state index in [0.29, 0.717) is 12.5 Å². The molecule has 0 aromatic rings. The molecule has 0 aliphatic heterocycles. The highest BCUT2D eigenvalue weighted by atomic mass is 31.2. The van der Waals surface area contributed by atoms with Gasteiger partial charge in [0.15, 0.2) is 0 Å². The highest BCUT2D eigenvalue weighted by Gasteiger charge is 2.10. The van der Waals surface area contributed by atoms with Gasteiger partial charge in [0.25, 0.3) is 0 Å². The van der Waals surface area contributed by atoms with Gasteiger partial charge >= 0.3 is 7.60 Å². The molecule has 4 nitrogen and oxygen atoms in total. The Morgan fingerprint density at radius 3 is 2.30 bits per heavy atom. The van der Waals surface area contributed by atoms with E-state index in [-0.39, 0.29) is 6.29 Å². The number of nitrogens with one attached hydrogen (secondary N) is 1. The molecule has 0 amide bonds. The van der Waals surface area contributed by atoms with Crippen molar-refractivity contribution in [1.29, 1.82) is 0 Å². The van der Waals surface area contributed by atoms with E-state index in [4.69, 9.17) is 9.79 Å². The predicted molar refractivity (Wildman–Crippen MR) is 39.8 cm³/mol. The molecule has 0 radical (unpaired) electrons. The van der Waals surface area contributed by atoms with Crippen LogP contribution in [-0.4, -0.2) is 22.6 Å². The fourth-order valence-corrected chi connectivity index (χ4v) is 0.919. The lowest BCUT2D eigenvalue weighted by Crippen LogP contribution is -2.20. The Hall–Kier alpha value is 0.110. The largest absolute Gasteiger partial charge is 0.339 e. The predicted octanol–water partition coefficient (Wildman–Crippen LogP) is 0.367. The summed E-state index contributed by atoms with van der Waals surface area (Å²) in [5, 5.41) is 2.66. The smallest absolute Gasteiger partial charge is 0.324 e. The molecule has 0 saturated carbocycles. The average molecular weight is 167 g/mol. The fourth-order valence-electron chi connectivity index (χ4n) is 0.499. The van der Waals surface area contributed by atoms with Crippen LogP contribution in [0.4, 0.5) is 0 Å². The van der Waals surface area contributed by atoms with Crippen LogP contribution in [-0.2, 0) is 4.57 Å². The molecule has 0 heterocycles. The van der Waals surface area contributed by atoms with E-state index in [1.165, 1.54) is 0 Å². The topological polar surface area (TPSA) is 69.6 Å². The van der Waals surface area contributed by atoms with Crippen LogP contribution in [0.1, 0.15) is 13.8 Å². The molecule has 0 unspecified atom stereocenters. The van der Waals surface area contributed by atoms with E-state index in [9.17, 15) is 4.57 Å². The molecule has 62 valence electrons. The molecule has 0 aliphatic carbocycles. The molecule has 5 heteroatoms. The van der Waals surface area contributed by atoms with Crippen molar-refractivity contribution < 1.29 is 14.4 Å². The van der Waals surface area contributed by atoms with E-state index >= 15 is 0 Å². The van der Waals surface area contributed by atoms with Crippen LogP contribution in [0.2, 0.25) is 0 Å². The molecule has 0 aromatic heterocycles. The van der Waals surface area contributed by atoms with Crippen LogP contribution in [0.5, 0.6) is 0 Å². The first-order chi connectivity index (χ1) is 4.42. The summed E-state index contributed by atoms with van der Waals surface area (Å²) >= 11 is 0. The number of rotatable bonds is 4. The Balaban J connectivity index is 3.30. The highest BCUT2D eigenvalue weighted by Crippen LogP contribution is 2.31. The van der Waals surface area contributed by atoms with Gasteiger partial charge in [0.05, 0.1) is 6.29 Å². The van der Waals surface area contributed by atoms with Crippen LogP contribution in [0.15, 0.2) is 0 Å². The van der Waals surface area contributed by atoms with Gasteiger partial charge in [-0.3, -0.25) is 4.57 Å². The molecular formula is C5H14NO3P. The zero-order valence-corrected chi connectivity index (χ0v) is 7.14. The maximum atomic E-state index is 10.2. The lowest BCUT2D eigenvalue weighted by Gasteiger charge is -2.07. The zero-order valence-electron chi connectivity index (χ0n) is 6.24. The number of hydrogen-bond acceptors (Lipinski definition) is 2. The number of hydrogen-bond donors (Lipinski definition) is 3. The van der Waals surface area contributed by atoms with Crippen molar-refractivity contribution in [2.24, 2.45) is 5.92 Å². The van der Waals surface area contributed by atoms with Gasteiger partial charge in [-0.15, -0.1) is 0 Å². The third kappa shape index (κ3) is 8.11. The van der Waals surface area contributed by atoms with Gasteiger partial charge in [-0.2, -0.15) is 0 Å². The van der Waals surface area contributed by atoms with Crippen LogP contribution in [0.25, 0.3) is 0 Å². The summed E-state index contributed by atoms with van der Waals surface area (Å²) in [5.74, 6) is 0.423. The highest BCUT2D eigenvalue weighted by molar-refractivity contribution is 7.51. The monoisotopic (exact) mass is 167 g/mol. The van der Waals surface area contributed by atoms with Gasteiger partial charge in [-0.25, -0.2) is 0 Å². The van der Waals surface area contributed by atoms with E-state index in [1.54, 1.807) is 0 Å². The Kier molecular flexibility index (Phi) is 4.13. The third-order valence-electron chi connectivity index (χ3n) is 0.870. The standard InChI is InChI=1S/C5H14NO3P/c1-5(2)3-6-4-10(7,8)9/h5-6H,3-4H2,1-2H3,(H2,7,8,9). The van der Waals surface area contributed by atoms with Crippen LogP contribution < -0.4 is 5.32 Å². The van der Waals surface area contributed by atoms with Gasteiger partial charge < -0.3 is 15.1 Å². The summed E-state index contributed by atoms with van der Waals surface area (Å²) in [6.07, 6.45) is -0.217. The first-order valence-corrected chi connectivity index (χ1v) is 4.97. The second-order valence-corrected chi connectivity index (χ2v) is 4.32. The summed E-state index contributed by atoms with van der Waals surface area (Å²) in [7, 11) is -3.83. The van der Waals surface area contributed by atoms with Gasteiger partial charge in [-0.05, 0) is 12.5 Å². The van der Waals surface area contributed by atoms with Crippen molar-refractivity contribution in [2.45, 2.75) is 13.8 Å². The minimum atomic E-state index is -3.83. The lowest BCUT2D eigenvalue weighted by atomic mass is 10.2. The van der Waals surface area contributed by atoms with Gasteiger partial charge in [-0.1, -0.05) is 13.8 Å². The summed E-state index contributed by atoms with van der Waals surface area (Å²) in [4.78, 5) is 16.8. The van der Waals surface area contributed by atoms with Crippen molar-refractivity contribution in [2.75, 3.05) is 12.8 Å². The normalized spacial score (nSPS) is 12.5. The van der Waals surface area contributed by atoms with E-state index in [1.807, 2.05) is 13.8 Å². The molecule has 0 rings (SSSR count). The Morgan fingerprint density at radius 1 is 1.50 bits per heavy atom. The van der Waals surface area contributed by atoms with E-state index in [2.05, 4.69) is 5.32 Å². The molecule has 0 spiro atoms. The summed E-state index contributed by atoms with van der Waals surface area (Å²) < 4.78 is 10.2. The quantitative estimate of drug-likeness (QED) is 0.529. The lowest BCUT2D eigenvalue weighted by molar-refractivity contribution is 0.366. The van der Waals surface area contributed by atoms with Gasteiger partial charge in [0, 0.05) is 0 Å². The van der Waals surface area contributed by atoms with E-state index in [0.717, 1.165) is 0 Å². The minimum absolute atomic E-state index is 0.217. The second-order valence-electron chi connectivity index (χ2n) is 2.67. The third-order valence-corrected chi connectivity index (χ3v) is 1.51.